The molecule has 2 aromatic rings. The van der Waals surface area contributed by atoms with Gasteiger partial charge in [-0.1, -0.05) is 54.1 Å². The number of rotatable bonds is 12. The molecule has 0 fully saturated rings. The third-order valence-corrected chi connectivity index (χ3v) is 5.89. The van der Waals surface area contributed by atoms with Crippen molar-refractivity contribution < 1.29 is 28.7 Å². The molecule has 2 amide bonds. The van der Waals surface area contributed by atoms with E-state index in [1.807, 2.05) is 0 Å². The molecular weight excluding hydrogens is 484 g/mol. The van der Waals surface area contributed by atoms with E-state index < -0.39 is 41.3 Å². The Morgan fingerprint density at radius 1 is 0.889 bits per heavy atom. The molecule has 0 heterocycles. The van der Waals surface area contributed by atoms with E-state index in [0.29, 0.717) is 10.6 Å². The fourth-order valence-corrected chi connectivity index (χ4v) is 3.62. The van der Waals surface area contributed by atoms with Crippen molar-refractivity contribution in [1.82, 2.24) is 10.6 Å². The van der Waals surface area contributed by atoms with Crippen LogP contribution in [-0.4, -0.2) is 43.0 Å². The summed E-state index contributed by atoms with van der Waals surface area (Å²) >= 11 is 5.99. The summed E-state index contributed by atoms with van der Waals surface area (Å²) in [5.74, 6) is -2.16. The number of hydrogen-bond donors (Lipinski definition) is 2. The number of hydrogen-bond acceptors (Lipinski definition) is 6. The molecule has 0 saturated heterocycles. The largest absolute Gasteiger partial charge is 0.466 e. The van der Waals surface area contributed by atoms with Gasteiger partial charge in [0.05, 0.1) is 18.6 Å². The molecule has 0 radical (unpaired) electrons. The fourth-order valence-electron chi connectivity index (χ4n) is 3.50. The molecule has 2 atom stereocenters. The smallest absolute Gasteiger partial charge is 0.328 e. The van der Waals surface area contributed by atoms with E-state index in [2.05, 4.69) is 10.6 Å². The number of nitrogens with one attached hydrogen (secondary N) is 2. The van der Waals surface area contributed by atoms with Gasteiger partial charge in [-0.15, -0.1) is 0 Å². The van der Waals surface area contributed by atoms with Gasteiger partial charge in [0, 0.05) is 11.4 Å². The van der Waals surface area contributed by atoms with Crippen LogP contribution in [0.15, 0.2) is 54.6 Å². The van der Waals surface area contributed by atoms with E-state index in [-0.39, 0.29) is 26.1 Å². The third-order valence-electron chi connectivity index (χ3n) is 5.63. The second kappa shape index (κ2) is 13.6. The maximum Gasteiger partial charge on any atom is 0.328 e. The average molecular weight is 517 g/mol. The van der Waals surface area contributed by atoms with Crippen molar-refractivity contribution in [1.29, 1.82) is 0 Å². The van der Waals surface area contributed by atoms with Crippen LogP contribution >= 0.6 is 11.6 Å². The first-order valence-corrected chi connectivity index (χ1v) is 12.2. The summed E-state index contributed by atoms with van der Waals surface area (Å²) in [6, 6.07) is 13.4. The summed E-state index contributed by atoms with van der Waals surface area (Å²) in [4.78, 5) is 51.1. The zero-order chi connectivity index (χ0) is 26.7. The summed E-state index contributed by atoms with van der Waals surface area (Å²) < 4.78 is 10.0. The predicted molar refractivity (Wildman–Crippen MR) is 136 cm³/mol. The zero-order valence-corrected chi connectivity index (χ0v) is 21.8. The Kier molecular flexibility index (Phi) is 10.9. The Bertz CT molecular complexity index is 1040. The molecule has 9 heteroatoms. The highest BCUT2D eigenvalue weighted by Gasteiger charge is 2.35. The predicted octanol–water partition coefficient (Wildman–Crippen LogP) is 3.87. The highest BCUT2D eigenvalue weighted by molar-refractivity contribution is 6.30. The van der Waals surface area contributed by atoms with E-state index >= 15 is 0 Å². The molecule has 2 aromatic carbocycles. The van der Waals surface area contributed by atoms with Gasteiger partial charge in [0.25, 0.3) is 0 Å². The van der Waals surface area contributed by atoms with Crippen LogP contribution in [0, 0.1) is 0 Å². The minimum atomic E-state index is -1.09. The van der Waals surface area contributed by atoms with Crippen molar-refractivity contribution in [2.24, 2.45) is 0 Å². The van der Waals surface area contributed by atoms with Crippen LogP contribution in [0.25, 0.3) is 0 Å². The highest BCUT2D eigenvalue weighted by Crippen LogP contribution is 2.26. The number of benzene rings is 2. The lowest BCUT2D eigenvalue weighted by molar-refractivity contribution is -0.149. The monoisotopic (exact) mass is 516 g/mol. The number of esters is 2. The van der Waals surface area contributed by atoms with Crippen LogP contribution in [-0.2, 0) is 34.1 Å². The molecule has 0 bridgehead atoms. The lowest BCUT2D eigenvalue weighted by atomic mass is 9.83. The summed E-state index contributed by atoms with van der Waals surface area (Å²) in [5.41, 5.74) is 0.265. The van der Waals surface area contributed by atoms with E-state index in [4.69, 9.17) is 21.1 Å². The van der Waals surface area contributed by atoms with Gasteiger partial charge in [0.1, 0.15) is 12.1 Å². The standard InChI is InChI=1S/C27H33ClN2O6/c1-5-35-22(31)17-16-21(25(33)36-6-2)29-24(32)23(18-10-8-7-9-11-18)30-26(34)27(3,4)19-12-14-20(28)15-13-19/h7-15,21,23H,5-6,16-17H2,1-4H3,(H,29,32)(H,30,34)/t21-,23+/m1/s1. The van der Waals surface area contributed by atoms with Crippen molar-refractivity contribution in [3.8, 4) is 0 Å². The van der Waals surface area contributed by atoms with Crippen molar-refractivity contribution in [3.63, 3.8) is 0 Å². The number of ether oxygens (including phenoxy) is 2. The number of carbonyl (C=O) groups is 4. The Morgan fingerprint density at radius 2 is 1.50 bits per heavy atom. The van der Waals surface area contributed by atoms with Crippen molar-refractivity contribution in [2.45, 2.75) is 58.0 Å². The van der Waals surface area contributed by atoms with Crippen LogP contribution in [0.5, 0.6) is 0 Å². The Morgan fingerprint density at radius 3 is 2.08 bits per heavy atom. The first-order chi connectivity index (χ1) is 17.1. The SMILES string of the molecule is CCOC(=O)CC[C@@H](NC(=O)[C@@H](NC(=O)C(C)(C)c1ccc(Cl)cc1)c1ccccc1)C(=O)OCC. The van der Waals surface area contributed by atoms with E-state index in [1.54, 1.807) is 82.3 Å². The topological polar surface area (TPSA) is 111 Å². The quantitative estimate of drug-likeness (QED) is 0.414. The minimum Gasteiger partial charge on any atom is -0.466 e. The number of halogens is 1. The lowest BCUT2D eigenvalue weighted by Crippen LogP contribution is -2.50. The van der Waals surface area contributed by atoms with Crippen LogP contribution in [0.2, 0.25) is 5.02 Å². The molecule has 8 nitrogen and oxygen atoms in total. The van der Waals surface area contributed by atoms with Crippen LogP contribution in [0.1, 0.15) is 57.7 Å². The second-order valence-corrected chi connectivity index (χ2v) is 9.04. The molecule has 2 rings (SSSR count). The maximum absolute atomic E-state index is 13.4. The molecular formula is C27H33ClN2O6. The molecule has 0 unspecified atom stereocenters. The van der Waals surface area contributed by atoms with Gasteiger partial charge in [-0.3, -0.25) is 14.4 Å². The molecule has 0 spiro atoms. The van der Waals surface area contributed by atoms with E-state index in [9.17, 15) is 19.2 Å². The highest BCUT2D eigenvalue weighted by atomic mass is 35.5. The number of amides is 2. The Labute approximate surface area is 216 Å². The fraction of sp³-hybridized carbons (Fsp3) is 0.407. The molecule has 0 saturated carbocycles. The zero-order valence-electron chi connectivity index (χ0n) is 21.0. The van der Waals surface area contributed by atoms with Gasteiger partial charge in [0.2, 0.25) is 11.8 Å². The Balaban J connectivity index is 2.28. The van der Waals surface area contributed by atoms with Crippen molar-refractivity contribution >= 4 is 35.4 Å². The average Bonchev–Trinajstić information content (AvgIpc) is 2.85. The molecule has 0 aliphatic rings. The first-order valence-electron chi connectivity index (χ1n) is 11.8. The van der Waals surface area contributed by atoms with Gasteiger partial charge in [0.15, 0.2) is 0 Å². The van der Waals surface area contributed by atoms with Crippen LogP contribution < -0.4 is 10.6 Å². The van der Waals surface area contributed by atoms with Gasteiger partial charge < -0.3 is 20.1 Å². The lowest BCUT2D eigenvalue weighted by Gasteiger charge is -2.28. The third kappa shape index (κ3) is 8.09. The van der Waals surface area contributed by atoms with E-state index in [1.165, 1.54) is 0 Å². The van der Waals surface area contributed by atoms with Gasteiger partial charge in [-0.2, -0.15) is 0 Å². The van der Waals surface area contributed by atoms with Crippen LogP contribution in [0.3, 0.4) is 0 Å². The van der Waals surface area contributed by atoms with Gasteiger partial charge in [-0.05, 0) is 57.4 Å². The maximum atomic E-state index is 13.4. The van der Waals surface area contributed by atoms with Crippen molar-refractivity contribution in [2.75, 3.05) is 13.2 Å². The Hall–Kier alpha value is -3.39. The van der Waals surface area contributed by atoms with Gasteiger partial charge in [-0.25, -0.2) is 4.79 Å². The molecule has 0 aromatic heterocycles. The summed E-state index contributed by atoms with van der Waals surface area (Å²) in [7, 11) is 0. The molecule has 0 aliphatic carbocycles. The number of carbonyl (C=O) groups excluding carboxylic acids is 4. The minimum absolute atomic E-state index is 0.00483. The molecule has 2 N–H and O–H groups in total. The summed E-state index contributed by atoms with van der Waals surface area (Å²) in [6.45, 7) is 7.13. The second-order valence-electron chi connectivity index (χ2n) is 8.61. The summed E-state index contributed by atoms with van der Waals surface area (Å²) in [6.07, 6.45) is -0.0846. The van der Waals surface area contributed by atoms with E-state index in [0.717, 1.165) is 5.56 Å². The van der Waals surface area contributed by atoms with Gasteiger partial charge >= 0.3 is 11.9 Å². The van der Waals surface area contributed by atoms with Crippen LogP contribution in [0.4, 0.5) is 0 Å². The normalized spacial score (nSPS) is 12.7. The molecule has 36 heavy (non-hydrogen) atoms. The first kappa shape index (κ1) is 28.8. The molecule has 194 valence electrons. The van der Waals surface area contributed by atoms with Crippen molar-refractivity contribution in [3.05, 3.63) is 70.7 Å². The summed E-state index contributed by atoms with van der Waals surface area (Å²) in [5, 5.41) is 6.01. The molecule has 0 aliphatic heterocycles.